The first kappa shape index (κ1) is 13.6. The van der Waals surface area contributed by atoms with Crippen molar-refractivity contribution < 1.29 is 10.0 Å². The third-order valence-electron chi connectivity index (χ3n) is 2.78. The van der Waals surface area contributed by atoms with E-state index in [1.807, 2.05) is 19.9 Å². The van der Waals surface area contributed by atoms with E-state index < -0.39 is 4.92 Å². The van der Waals surface area contributed by atoms with Crippen molar-refractivity contribution in [3.63, 3.8) is 0 Å². The Morgan fingerprint density at radius 2 is 2.24 bits per heavy atom. The van der Waals surface area contributed by atoms with E-state index in [2.05, 4.69) is 5.32 Å². The van der Waals surface area contributed by atoms with Gasteiger partial charge in [-0.05, 0) is 18.9 Å². The van der Waals surface area contributed by atoms with Crippen molar-refractivity contribution in [1.29, 1.82) is 0 Å². The van der Waals surface area contributed by atoms with E-state index in [-0.39, 0.29) is 24.4 Å². The summed E-state index contributed by atoms with van der Waals surface area (Å²) in [4.78, 5) is 10.3. The Labute approximate surface area is 101 Å². The average molecular weight is 238 g/mol. The van der Waals surface area contributed by atoms with Crippen molar-refractivity contribution in [1.82, 2.24) is 5.32 Å². The molecule has 0 amide bonds. The molecule has 0 bridgehead atoms. The summed E-state index contributed by atoms with van der Waals surface area (Å²) in [7, 11) is 0. The standard InChI is InChI=1S/C12H18N2O3/c1-3-11(8-15)13-9(2)10-5-4-6-12(7-10)14(16)17/h4-7,9,11,13,15H,3,8H2,1-2H3. The largest absolute Gasteiger partial charge is 0.395 e. The van der Waals surface area contributed by atoms with Crippen LogP contribution in [0.2, 0.25) is 0 Å². The third-order valence-corrected chi connectivity index (χ3v) is 2.78. The lowest BCUT2D eigenvalue weighted by atomic mass is 10.1. The Hall–Kier alpha value is -1.46. The molecule has 0 saturated carbocycles. The molecule has 17 heavy (non-hydrogen) atoms. The van der Waals surface area contributed by atoms with E-state index in [9.17, 15) is 10.1 Å². The molecule has 2 N–H and O–H groups in total. The quantitative estimate of drug-likeness (QED) is 0.587. The minimum atomic E-state index is -0.403. The summed E-state index contributed by atoms with van der Waals surface area (Å²) in [6, 6.07) is 6.54. The first-order chi connectivity index (χ1) is 8.08. The molecule has 2 atom stereocenters. The number of non-ortho nitro benzene ring substituents is 1. The lowest BCUT2D eigenvalue weighted by molar-refractivity contribution is -0.384. The molecule has 1 aromatic carbocycles. The maximum Gasteiger partial charge on any atom is 0.269 e. The zero-order valence-corrected chi connectivity index (χ0v) is 10.1. The molecule has 0 fully saturated rings. The lowest BCUT2D eigenvalue weighted by Gasteiger charge is -2.20. The normalized spacial score (nSPS) is 14.3. The van der Waals surface area contributed by atoms with Gasteiger partial charge in [0.25, 0.3) is 5.69 Å². The van der Waals surface area contributed by atoms with E-state index in [1.54, 1.807) is 12.1 Å². The summed E-state index contributed by atoms with van der Waals surface area (Å²) < 4.78 is 0. The maximum atomic E-state index is 10.7. The van der Waals surface area contributed by atoms with Crippen molar-refractivity contribution in [3.8, 4) is 0 Å². The van der Waals surface area contributed by atoms with E-state index in [0.717, 1.165) is 12.0 Å². The highest BCUT2D eigenvalue weighted by atomic mass is 16.6. The van der Waals surface area contributed by atoms with Crippen molar-refractivity contribution in [2.75, 3.05) is 6.61 Å². The Morgan fingerprint density at radius 3 is 2.76 bits per heavy atom. The van der Waals surface area contributed by atoms with Crippen LogP contribution in [0.4, 0.5) is 5.69 Å². The maximum absolute atomic E-state index is 10.7. The van der Waals surface area contributed by atoms with Gasteiger partial charge in [-0.3, -0.25) is 10.1 Å². The smallest absolute Gasteiger partial charge is 0.269 e. The molecular formula is C12H18N2O3. The summed E-state index contributed by atoms with van der Waals surface area (Å²) in [5, 5.41) is 23.0. The van der Waals surface area contributed by atoms with Gasteiger partial charge >= 0.3 is 0 Å². The van der Waals surface area contributed by atoms with E-state index in [1.165, 1.54) is 6.07 Å². The molecule has 0 spiro atoms. The Kier molecular flexibility index (Phi) is 5.06. The number of nitrogens with zero attached hydrogens (tertiary/aromatic N) is 1. The van der Waals surface area contributed by atoms with E-state index in [0.29, 0.717) is 0 Å². The number of hydrogen-bond donors (Lipinski definition) is 2. The second-order valence-electron chi connectivity index (χ2n) is 4.03. The van der Waals surface area contributed by atoms with Crippen LogP contribution in [-0.2, 0) is 0 Å². The molecule has 1 aromatic rings. The molecule has 0 aliphatic rings. The SMILES string of the molecule is CCC(CO)NC(C)c1cccc([N+](=O)[O-])c1. The molecule has 0 aromatic heterocycles. The van der Waals surface area contributed by atoms with E-state index >= 15 is 0 Å². The van der Waals surface area contributed by atoms with Crippen molar-refractivity contribution >= 4 is 5.69 Å². The molecule has 0 aliphatic heterocycles. The number of aliphatic hydroxyl groups excluding tert-OH is 1. The predicted octanol–water partition coefficient (Wildman–Crippen LogP) is 2.02. The number of rotatable bonds is 6. The van der Waals surface area contributed by atoms with Gasteiger partial charge in [0, 0.05) is 24.2 Å². The number of aliphatic hydroxyl groups is 1. The molecule has 94 valence electrons. The van der Waals surface area contributed by atoms with Crippen LogP contribution >= 0.6 is 0 Å². The fourth-order valence-electron chi connectivity index (χ4n) is 1.66. The van der Waals surface area contributed by atoms with Crippen LogP contribution < -0.4 is 5.32 Å². The minimum Gasteiger partial charge on any atom is -0.395 e. The summed E-state index contributed by atoms with van der Waals surface area (Å²) >= 11 is 0. The van der Waals surface area contributed by atoms with Gasteiger partial charge in [0.15, 0.2) is 0 Å². The molecular weight excluding hydrogens is 220 g/mol. The van der Waals surface area contributed by atoms with Gasteiger partial charge in [-0.2, -0.15) is 0 Å². The second-order valence-corrected chi connectivity index (χ2v) is 4.03. The van der Waals surface area contributed by atoms with Gasteiger partial charge in [-0.15, -0.1) is 0 Å². The van der Waals surface area contributed by atoms with Gasteiger partial charge < -0.3 is 10.4 Å². The predicted molar refractivity (Wildman–Crippen MR) is 65.8 cm³/mol. The van der Waals surface area contributed by atoms with Gasteiger partial charge in [-0.25, -0.2) is 0 Å². The van der Waals surface area contributed by atoms with Crippen LogP contribution in [0.3, 0.4) is 0 Å². The van der Waals surface area contributed by atoms with Crippen LogP contribution in [0.25, 0.3) is 0 Å². The minimum absolute atomic E-state index is 0.0178. The highest BCUT2D eigenvalue weighted by molar-refractivity contribution is 5.35. The first-order valence-electron chi connectivity index (χ1n) is 5.69. The highest BCUT2D eigenvalue weighted by Gasteiger charge is 2.13. The fourth-order valence-corrected chi connectivity index (χ4v) is 1.66. The summed E-state index contributed by atoms with van der Waals surface area (Å²) in [6.45, 7) is 3.97. The Balaban J connectivity index is 2.78. The number of hydrogen-bond acceptors (Lipinski definition) is 4. The Morgan fingerprint density at radius 1 is 1.53 bits per heavy atom. The molecule has 5 nitrogen and oxygen atoms in total. The molecule has 0 radical (unpaired) electrons. The monoisotopic (exact) mass is 238 g/mol. The van der Waals surface area contributed by atoms with Gasteiger partial charge in [0.05, 0.1) is 11.5 Å². The van der Waals surface area contributed by atoms with Crippen molar-refractivity contribution in [2.24, 2.45) is 0 Å². The number of nitro benzene ring substituents is 1. The van der Waals surface area contributed by atoms with E-state index in [4.69, 9.17) is 5.11 Å². The van der Waals surface area contributed by atoms with Crippen LogP contribution in [0, 0.1) is 10.1 Å². The van der Waals surface area contributed by atoms with Crippen LogP contribution in [0.1, 0.15) is 31.9 Å². The van der Waals surface area contributed by atoms with Crippen molar-refractivity contribution in [2.45, 2.75) is 32.4 Å². The summed E-state index contributed by atoms with van der Waals surface area (Å²) in [5.74, 6) is 0. The summed E-state index contributed by atoms with van der Waals surface area (Å²) in [6.07, 6.45) is 0.815. The van der Waals surface area contributed by atoms with Crippen LogP contribution in [-0.4, -0.2) is 22.7 Å². The molecule has 5 heteroatoms. The number of nitro groups is 1. The topological polar surface area (TPSA) is 75.4 Å². The first-order valence-corrected chi connectivity index (χ1v) is 5.69. The number of benzene rings is 1. The second kappa shape index (κ2) is 6.32. The van der Waals surface area contributed by atoms with Crippen LogP contribution in [0.5, 0.6) is 0 Å². The zero-order valence-electron chi connectivity index (χ0n) is 10.1. The lowest BCUT2D eigenvalue weighted by Crippen LogP contribution is -2.33. The average Bonchev–Trinajstić information content (AvgIpc) is 2.35. The highest BCUT2D eigenvalue weighted by Crippen LogP contribution is 2.19. The molecule has 0 saturated heterocycles. The Bertz CT molecular complexity index is 378. The third kappa shape index (κ3) is 3.80. The molecule has 0 aliphatic carbocycles. The molecule has 0 heterocycles. The molecule has 2 unspecified atom stereocenters. The fraction of sp³-hybridized carbons (Fsp3) is 0.500. The number of nitrogens with one attached hydrogen (secondary N) is 1. The van der Waals surface area contributed by atoms with Gasteiger partial charge in [0.2, 0.25) is 0 Å². The molecule has 1 rings (SSSR count). The van der Waals surface area contributed by atoms with Crippen molar-refractivity contribution in [3.05, 3.63) is 39.9 Å². The summed E-state index contributed by atoms with van der Waals surface area (Å²) in [5.41, 5.74) is 0.944. The van der Waals surface area contributed by atoms with Gasteiger partial charge in [-0.1, -0.05) is 19.1 Å². The van der Waals surface area contributed by atoms with Crippen LogP contribution in [0.15, 0.2) is 24.3 Å². The zero-order chi connectivity index (χ0) is 12.8. The van der Waals surface area contributed by atoms with Gasteiger partial charge in [0.1, 0.15) is 0 Å².